The number of hydrogen-bond acceptors (Lipinski definition) is 5. The molecule has 2 aromatic carbocycles. The van der Waals surface area contributed by atoms with Crippen LogP contribution in [0.15, 0.2) is 48.5 Å². The molecule has 0 bridgehead atoms. The summed E-state index contributed by atoms with van der Waals surface area (Å²) >= 11 is 0. The van der Waals surface area contributed by atoms with Crippen LogP contribution in [0.4, 0.5) is 0 Å². The Morgan fingerprint density at radius 3 is 2.59 bits per heavy atom. The van der Waals surface area contributed by atoms with E-state index in [0.29, 0.717) is 37.8 Å². The highest BCUT2D eigenvalue weighted by Crippen LogP contribution is 2.36. The number of aromatic nitrogens is 1. The molecule has 0 saturated carbocycles. The second-order valence-corrected chi connectivity index (χ2v) is 7.01. The zero-order chi connectivity index (χ0) is 20.2. The van der Waals surface area contributed by atoms with Crippen LogP contribution in [0.25, 0.3) is 22.2 Å². The maximum atomic E-state index is 12.6. The number of aryl methyl sites for hydroxylation is 1. The van der Waals surface area contributed by atoms with Gasteiger partial charge in [-0.05, 0) is 19.1 Å². The van der Waals surface area contributed by atoms with Crippen molar-refractivity contribution in [1.82, 2.24) is 9.88 Å². The van der Waals surface area contributed by atoms with Crippen molar-refractivity contribution in [1.29, 1.82) is 0 Å². The highest BCUT2D eigenvalue weighted by Gasteiger charge is 2.19. The summed E-state index contributed by atoms with van der Waals surface area (Å²) in [6, 6.07) is 15.7. The van der Waals surface area contributed by atoms with Gasteiger partial charge in [-0.3, -0.25) is 4.79 Å². The van der Waals surface area contributed by atoms with Gasteiger partial charge in [-0.25, -0.2) is 4.98 Å². The lowest BCUT2D eigenvalue weighted by Crippen LogP contribution is -2.43. The third kappa shape index (κ3) is 4.17. The second-order valence-electron chi connectivity index (χ2n) is 7.01. The molecule has 0 unspecified atom stereocenters. The third-order valence-electron chi connectivity index (χ3n) is 5.04. The van der Waals surface area contributed by atoms with Gasteiger partial charge in [0.25, 0.3) is 5.91 Å². The van der Waals surface area contributed by atoms with Crippen molar-refractivity contribution in [3.8, 4) is 22.8 Å². The van der Waals surface area contributed by atoms with Crippen molar-refractivity contribution in [3.05, 3.63) is 54.1 Å². The molecule has 0 spiro atoms. The van der Waals surface area contributed by atoms with E-state index in [1.54, 1.807) is 12.0 Å². The lowest BCUT2D eigenvalue weighted by atomic mass is 10.1. The Kier molecular flexibility index (Phi) is 5.62. The molecule has 1 aromatic heterocycles. The van der Waals surface area contributed by atoms with Gasteiger partial charge in [0.05, 0.1) is 36.9 Å². The van der Waals surface area contributed by atoms with Crippen molar-refractivity contribution >= 4 is 16.8 Å². The zero-order valence-corrected chi connectivity index (χ0v) is 16.7. The molecule has 1 aliphatic heterocycles. The highest BCUT2D eigenvalue weighted by molar-refractivity contribution is 5.93. The molecule has 2 heterocycles. The van der Waals surface area contributed by atoms with E-state index >= 15 is 0 Å². The number of carbonyl (C=O) groups excluding carboxylic acids is 1. The fourth-order valence-electron chi connectivity index (χ4n) is 3.42. The van der Waals surface area contributed by atoms with Crippen molar-refractivity contribution in [2.24, 2.45) is 0 Å². The molecule has 1 amide bonds. The van der Waals surface area contributed by atoms with Gasteiger partial charge in [-0.15, -0.1) is 0 Å². The molecule has 29 heavy (non-hydrogen) atoms. The Bertz CT molecular complexity index is 1010. The SMILES string of the molecule is COc1cccc2nc(-c3ccc(C)cc3)cc(OCC(=O)N3CCOCC3)c12. The van der Waals surface area contributed by atoms with Gasteiger partial charge >= 0.3 is 0 Å². The van der Waals surface area contributed by atoms with E-state index in [0.717, 1.165) is 22.2 Å². The second kappa shape index (κ2) is 8.49. The van der Waals surface area contributed by atoms with Gasteiger partial charge in [-0.1, -0.05) is 35.9 Å². The molecule has 3 aromatic rings. The number of hydrogen-bond donors (Lipinski definition) is 0. The summed E-state index contributed by atoms with van der Waals surface area (Å²) in [6.07, 6.45) is 0. The molecule has 6 heteroatoms. The van der Waals surface area contributed by atoms with Gasteiger partial charge < -0.3 is 19.1 Å². The molecule has 1 aliphatic rings. The van der Waals surface area contributed by atoms with E-state index in [4.69, 9.17) is 19.2 Å². The first kappa shape index (κ1) is 19.2. The molecule has 0 aliphatic carbocycles. The smallest absolute Gasteiger partial charge is 0.260 e. The summed E-state index contributed by atoms with van der Waals surface area (Å²) in [5.74, 6) is 1.20. The van der Waals surface area contributed by atoms with E-state index in [-0.39, 0.29) is 12.5 Å². The van der Waals surface area contributed by atoms with Crippen LogP contribution in [0.1, 0.15) is 5.56 Å². The average Bonchev–Trinajstić information content (AvgIpc) is 2.77. The molecule has 4 rings (SSSR count). The van der Waals surface area contributed by atoms with E-state index in [9.17, 15) is 4.79 Å². The maximum Gasteiger partial charge on any atom is 0.260 e. The minimum absolute atomic E-state index is 0.0372. The maximum absolute atomic E-state index is 12.6. The first-order chi connectivity index (χ1) is 14.2. The molecule has 0 N–H and O–H groups in total. The number of morpholine rings is 1. The molecular weight excluding hydrogens is 368 g/mol. The van der Waals surface area contributed by atoms with E-state index in [2.05, 4.69) is 12.1 Å². The van der Waals surface area contributed by atoms with Gasteiger partial charge in [0.2, 0.25) is 0 Å². The fraction of sp³-hybridized carbons (Fsp3) is 0.304. The predicted molar refractivity (Wildman–Crippen MR) is 111 cm³/mol. The predicted octanol–water partition coefficient (Wildman–Crippen LogP) is 3.46. The van der Waals surface area contributed by atoms with E-state index in [1.807, 2.05) is 43.3 Å². The normalized spacial score (nSPS) is 14.1. The van der Waals surface area contributed by atoms with Crippen LogP contribution in [-0.2, 0) is 9.53 Å². The number of benzene rings is 2. The van der Waals surface area contributed by atoms with E-state index < -0.39 is 0 Å². The molecule has 0 atom stereocenters. The fourth-order valence-corrected chi connectivity index (χ4v) is 3.42. The first-order valence-electron chi connectivity index (χ1n) is 9.69. The minimum atomic E-state index is -0.0509. The van der Waals surface area contributed by atoms with Crippen LogP contribution in [0.3, 0.4) is 0 Å². The minimum Gasteiger partial charge on any atom is -0.496 e. The third-order valence-corrected chi connectivity index (χ3v) is 5.04. The molecular formula is C23H24N2O4. The molecule has 150 valence electrons. The van der Waals surface area contributed by atoms with Gasteiger partial charge in [0, 0.05) is 24.7 Å². The highest BCUT2D eigenvalue weighted by atomic mass is 16.5. The topological polar surface area (TPSA) is 60.9 Å². The molecule has 0 radical (unpaired) electrons. The summed E-state index contributed by atoms with van der Waals surface area (Å²) in [4.78, 5) is 19.1. The van der Waals surface area contributed by atoms with Crippen molar-refractivity contribution in [3.63, 3.8) is 0 Å². The van der Waals surface area contributed by atoms with Gasteiger partial charge in [0.1, 0.15) is 11.5 Å². The van der Waals surface area contributed by atoms with Crippen LogP contribution in [0.5, 0.6) is 11.5 Å². The number of rotatable bonds is 5. The van der Waals surface area contributed by atoms with Crippen LogP contribution in [0.2, 0.25) is 0 Å². The van der Waals surface area contributed by atoms with Gasteiger partial charge in [-0.2, -0.15) is 0 Å². The number of pyridine rings is 1. The molecule has 1 fully saturated rings. The Labute approximate surface area is 170 Å². The standard InChI is InChI=1S/C23H24N2O4/c1-16-6-8-17(9-7-16)19-14-21(23-18(24-19)4-3-5-20(23)27-2)29-15-22(26)25-10-12-28-13-11-25/h3-9,14H,10-13,15H2,1-2H3. The number of amides is 1. The number of fused-ring (bicyclic) bond motifs is 1. The summed E-state index contributed by atoms with van der Waals surface area (Å²) in [6.45, 7) is 4.33. The van der Waals surface area contributed by atoms with Crippen LogP contribution >= 0.6 is 0 Å². The zero-order valence-electron chi connectivity index (χ0n) is 16.7. The van der Waals surface area contributed by atoms with Crippen LogP contribution < -0.4 is 9.47 Å². The number of ether oxygens (including phenoxy) is 3. The summed E-state index contributed by atoms with van der Waals surface area (Å²) in [7, 11) is 1.62. The Balaban J connectivity index is 1.69. The van der Waals surface area contributed by atoms with Gasteiger partial charge in [0.15, 0.2) is 6.61 Å². The quantitative estimate of drug-likeness (QED) is 0.666. The van der Waals surface area contributed by atoms with Crippen LogP contribution in [-0.4, -0.2) is 55.8 Å². The first-order valence-corrected chi connectivity index (χ1v) is 9.69. The van der Waals surface area contributed by atoms with Crippen molar-refractivity contribution in [2.75, 3.05) is 40.0 Å². The summed E-state index contributed by atoms with van der Waals surface area (Å²) in [5, 5.41) is 0.764. The Morgan fingerprint density at radius 2 is 1.86 bits per heavy atom. The Morgan fingerprint density at radius 1 is 1.10 bits per heavy atom. The lowest BCUT2D eigenvalue weighted by Gasteiger charge is -2.26. The number of nitrogens with zero attached hydrogens (tertiary/aromatic N) is 2. The number of carbonyl (C=O) groups is 1. The summed E-state index contributed by atoms with van der Waals surface area (Å²) in [5.41, 5.74) is 3.73. The van der Waals surface area contributed by atoms with E-state index in [1.165, 1.54) is 5.56 Å². The average molecular weight is 392 g/mol. The van der Waals surface area contributed by atoms with Crippen LogP contribution in [0, 0.1) is 6.92 Å². The lowest BCUT2D eigenvalue weighted by molar-refractivity contribution is -0.137. The molecule has 6 nitrogen and oxygen atoms in total. The largest absolute Gasteiger partial charge is 0.496 e. The van der Waals surface area contributed by atoms with Crippen molar-refractivity contribution in [2.45, 2.75) is 6.92 Å². The monoisotopic (exact) mass is 392 g/mol. The van der Waals surface area contributed by atoms with Crippen molar-refractivity contribution < 1.29 is 19.0 Å². The Hall–Kier alpha value is -3.12. The molecule has 1 saturated heterocycles. The number of methoxy groups -OCH3 is 1. The summed E-state index contributed by atoms with van der Waals surface area (Å²) < 4.78 is 16.8.